The number of benzene rings is 2. The van der Waals surface area contributed by atoms with Gasteiger partial charge >= 0.3 is 0 Å². The standard InChI is InChI=1S/C19H22ClN/c1-2-6-18(15-9-11-16(20)12-10-15)21-19-13-17(19)14-7-4-3-5-8-14/h3-5,7-12,17-19,21H,2,6,13H2,1H3. The molecule has 0 aliphatic heterocycles. The average Bonchev–Trinajstić information content (AvgIpc) is 3.28. The molecule has 0 heterocycles. The minimum absolute atomic E-state index is 0.436. The zero-order valence-electron chi connectivity index (χ0n) is 12.4. The van der Waals surface area contributed by atoms with E-state index in [1.807, 2.05) is 12.1 Å². The Bertz CT molecular complexity index is 564. The largest absolute Gasteiger partial charge is 0.307 e. The van der Waals surface area contributed by atoms with Crippen molar-refractivity contribution in [1.29, 1.82) is 0 Å². The quantitative estimate of drug-likeness (QED) is 0.760. The molecule has 0 aromatic heterocycles. The van der Waals surface area contributed by atoms with Gasteiger partial charge in [0.25, 0.3) is 0 Å². The predicted octanol–water partition coefficient (Wildman–Crippen LogP) is 5.33. The van der Waals surface area contributed by atoms with Gasteiger partial charge in [0.05, 0.1) is 0 Å². The molecule has 1 fully saturated rings. The first-order chi connectivity index (χ1) is 10.3. The molecule has 1 N–H and O–H groups in total. The van der Waals surface area contributed by atoms with Gasteiger partial charge in [0, 0.05) is 23.0 Å². The Morgan fingerprint density at radius 1 is 1.10 bits per heavy atom. The highest BCUT2D eigenvalue weighted by Crippen LogP contribution is 2.42. The third-order valence-electron chi connectivity index (χ3n) is 4.28. The van der Waals surface area contributed by atoms with Crippen molar-refractivity contribution in [2.45, 2.75) is 44.2 Å². The van der Waals surface area contributed by atoms with Crippen LogP contribution in [0.1, 0.15) is 49.3 Å². The molecule has 0 radical (unpaired) electrons. The van der Waals surface area contributed by atoms with Gasteiger partial charge in [-0.25, -0.2) is 0 Å². The molecule has 21 heavy (non-hydrogen) atoms. The van der Waals surface area contributed by atoms with E-state index in [-0.39, 0.29) is 0 Å². The van der Waals surface area contributed by atoms with E-state index in [1.54, 1.807) is 0 Å². The highest BCUT2D eigenvalue weighted by atomic mass is 35.5. The Labute approximate surface area is 132 Å². The zero-order chi connectivity index (χ0) is 14.7. The van der Waals surface area contributed by atoms with Crippen LogP contribution < -0.4 is 5.32 Å². The van der Waals surface area contributed by atoms with Gasteiger partial charge in [-0.2, -0.15) is 0 Å². The SMILES string of the molecule is CCCC(NC1CC1c1ccccc1)c1ccc(Cl)cc1. The van der Waals surface area contributed by atoms with Gasteiger partial charge in [0.2, 0.25) is 0 Å². The molecule has 1 nitrogen and oxygen atoms in total. The van der Waals surface area contributed by atoms with E-state index in [1.165, 1.54) is 30.4 Å². The first-order valence-electron chi connectivity index (χ1n) is 7.84. The number of halogens is 1. The third-order valence-corrected chi connectivity index (χ3v) is 4.54. The molecule has 1 aliphatic carbocycles. The molecule has 0 bridgehead atoms. The van der Waals surface area contributed by atoms with E-state index in [0.29, 0.717) is 18.0 Å². The minimum Gasteiger partial charge on any atom is -0.307 e. The van der Waals surface area contributed by atoms with Crippen LogP contribution in [-0.2, 0) is 0 Å². The Morgan fingerprint density at radius 2 is 1.81 bits per heavy atom. The Kier molecular flexibility index (Phi) is 4.62. The summed E-state index contributed by atoms with van der Waals surface area (Å²) in [7, 11) is 0. The van der Waals surface area contributed by atoms with Crippen LogP contribution in [-0.4, -0.2) is 6.04 Å². The third kappa shape index (κ3) is 3.66. The molecule has 0 amide bonds. The van der Waals surface area contributed by atoms with E-state index in [0.717, 1.165) is 5.02 Å². The summed E-state index contributed by atoms with van der Waals surface area (Å²) in [4.78, 5) is 0. The predicted molar refractivity (Wildman–Crippen MR) is 89.8 cm³/mol. The second kappa shape index (κ2) is 6.64. The molecular weight excluding hydrogens is 278 g/mol. The molecule has 0 saturated heterocycles. The van der Waals surface area contributed by atoms with Crippen LogP contribution in [0.2, 0.25) is 5.02 Å². The van der Waals surface area contributed by atoms with E-state index in [2.05, 4.69) is 54.7 Å². The summed E-state index contributed by atoms with van der Waals surface area (Å²) in [5, 5.41) is 4.64. The van der Waals surface area contributed by atoms with Crippen LogP contribution in [0.5, 0.6) is 0 Å². The highest BCUT2D eigenvalue weighted by Gasteiger charge is 2.39. The molecule has 2 heteroatoms. The summed E-state index contributed by atoms with van der Waals surface area (Å²) in [5.41, 5.74) is 2.81. The fourth-order valence-electron chi connectivity index (χ4n) is 3.04. The van der Waals surface area contributed by atoms with Crippen molar-refractivity contribution in [3.05, 3.63) is 70.7 Å². The topological polar surface area (TPSA) is 12.0 Å². The van der Waals surface area contributed by atoms with Crippen LogP contribution in [0.25, 0.3) is 0 Å². The average molecular weight is 300 g/mol. The second-order valence-electron chi connectivity index (χ2n) is 5.92. The van der Waals surface area contributed by atoms with Gasteiger partial charge in [-0.1, -0.05) is 67.4 Å². The lowest BCUT2D eigenvalue weighted by Crippen LogP contribution is -2.24. The Balaban J connectivity index is 1.65. The number of nitrogens with one attached hydrogen (secondary N) is 1. The number of rotatable bonds is 6. The molecule has 1 aliphatic rings. The first kappa shape index (κ1) is 14.6. The van der Waals surface area contributed by atoms with Crippen molar-refractivity contribution in [3.8, 4) is 0 Å². The maximum absolute atomic E-state index is 5.99. The summed E-state index contributed by atoms with van der Waals surface area (Å²) in [6.45, 7) is 2.24. The first-order valence-corrected chi connectivity index (χ1v) is 8.22. The molecular formula is C19H22ClN. The van der Waals surface area contributed by atoms with Crippen molar-refractivity contribution in [1.82, 2.24) is 5.32 Å². The van der Waals surface area contributed by atoms with Gasteiger partial charge < -0.3 is 5.32 Å². The van der Waals surface area contributed by atoms with Crippen molar-refractivity contribution in [2.24, 2.45) is 0 Å². The minimum atomic E-state index is 0.436. The van der Waals surface area contributed by atoms with Crippen LogP contribution in [0.4, 0.5) is 0 Å². The van der Waals surface area contributed by atoms with Crippen LogP contribution in [0.15, 0.2) is 54.6 Å². The van der Waals surface area contributed by atoms with Gasteiger partial charge in [-0.3, -0.25) is 0 Å². The summed E-state index contributed by atoms with van der Waals surface area (Å²) in [5.74, 6) is 0.679. The fourth-order valence-corrected chi connectivity index (χ4v) is 3.16. The van der Waals surface area contributed by atoms with Crippen LogP contribution >= 0.6 is 11.6 Å². The van der Waals surface area contributed by atoms with E-state index < -0.39 is 0 Å². The second-order valence-corrected chi connectivity index (χ2v) is 6.36. The maximum Gasteiger partial charge on any atom is 0.0406 e. The summed E-state index contributed by atoms with van der Waals surface area (Å²) < 4.78 is 0. The van der Waals surface area contributed by atoms with Gasteiger partial charge in [-0.15, -0.1) is 0 Å². The van der Waals surface area contributed by atoms with Crippen LogP contribution in [0, 0.1) is 0 Å². The Morgan fingerprint density at radius 3 is 2.48 bits per heavy atom. The monoisotopic (exact) mass is 299 g/mol. The molecule has 1 saturated carbocycles. The molecule has 3 atom stereocenters. The smallest absolute Gasteiger partial charge is 0.0406 e. The lowest BCUT2D eigenvalue weighted by molar-refractivity contribution is 0.486. The van der Waals surface area contributed by atoms with Gasteiger partial charge in [-0.05, 0) is 36.1 Å². The lowest BCUT2D eigenvalue weighted by Gasteiger charge is -2.19. The van der Waals surface area contributed by atoms with Gasteiger partial charge in [0.15, 0.2) is 0 Å². The molecule has 3 rings (SSSR count). The normalized spacial score (nSPS) is 22.0. The molecule has 3 unspecified atom stereocenters. The van der Waals surface area contributed by atoms with Crippen LogP contribution in [0.3, 0.4) is 0 Å². The van der Waals surface area contributed by atoms with Crippen molar-refractivity contribution in [2.75, 3.05) is 0 Å². The Hall–Kier alpha value is -1.31. The van der Waals surface area contributed by atoms with Crippen molar-refractivity contribution >= 4 is 11.6 Å². The van der Waals surface area contributed by atoms with E-state index in [9.17, 15) is 0 Å². The highest BCUT2D eigenvalue weighted by molar-refractivity contribution is 6.30. The molecule has 110 valence electrons. The number of hydrogen-bond acceptors (Lipinski definition) is 1. The van der Waals surface area contributed by atoms with Crippen molar-refractivity contribution < 1.29 is 0 Å². The fraction of sp³-hybridized carbons (Fsp3) is 0.368. The summed E-state index contributed by atoms with van der Waals surface area (Å²) >= 11 is 5.99. The molecule has 2 aromatic carbocycles. The van der Waals surface area contributed by atoms with Gasteiger partial charge in [0.1, 0.15) is 0 Å². The summed E-state index contributed by atoms with van der Waals surface area (Å²) in [6, 6.07) is 20.2. The molecule has 0 spiro atoms. The number of hydrogen-bond donors (Lipinski definition) is 1. The maximum atomic E-state index is 5.99. The molecule has 2 aromatic rings. The van der Waals surface area contributed by atoms with Crippen molar-refractivity contribution in [3.63, 3.8) is 0 Å². The lowest BCUT2D eigenvalue weighted by atomic mass is 10.0. The van der Waals surface area contributed by atoms with E-state index >= 15 is 0 Å². The summed E-state index contributed by atoms with van der Waals surface area (Å²) in [6.07, 6.45) is 3.60. The zero-order valence-corrected chi connectivity index (χ0v) is 13.2. The van der Waals surface area contributed by atoms with E-state index in [4.69, 9.17) is 11.6 Å².